The molecule has 3 nitrogen and oxygen atoms in total. The minimum atomic E-state index is 0.0819. The Morgan fingerprint density at radius 3 is 1.50 bits per heavy atom. The first kappa shape index (κ1) is 16.7. The summed E-state index contributed by atoms with van der Waals surface area (Å²) in [5.41, 5.74) is 5.48. The lowest BCUT2D eigenvalue weighted by molar-refractivity contribution is 1.06. The van der Waals surface area contributed by atoms with Gasteiger partial charge in [0.1, 0.15) is 0 Å². The first-order valence-corrected chi connectivity index (χ1v) is 8.78. The first-order valence-electron chi connectivity index (χ1n) is 8.03. The zero-order valence-corrected chi connectivity index (χ0v) is 15.1. The number of aromatic nitrogens is 3. The summed E-state index contributed by atoms with van der Waals surface area (Å²) in [6.07, 6.45) is 0. The lowest BCUT2D eigenvalue weighted by Crippen LogP contribution is -1.93. The summed E-state index contributed by atoms with van der Waals surface area (Å²) in [6.45, 7) is 0. The van der Waals surface area contributed by atoms with Crippen LogP contribution in [0.3, 0.4) is 0 Å². The largest absolute Gasteiger partial charge is 0.227 e. The zero-order chi connectivity index (χ0) is 17.9. The molecule has 5 heteroatoms. The Labute approximate surface area is 161 Å². The topological polar surface area (TPSA) is 38.7 Å². The van der Waals surface area contributed by atoms with Gasteiger partial charge in [0.15, 0.2) is 5.82 Å². The van der Waals surface area contributed by atoms with Gasteiger partial charge < -0.3 is 0 Å². The Balaban J connectivity index is 1.75. The second-order valence-electron chi connectivity index (χ2n) is 5.69. The smallest absolute Gasteiger partial charge is 0.198 e. The number of hydrogen-bond donors (Lipinski definition) is 0. The summed E-state index contributed by atoms with van der Waals surface area (Å²) in [7, 11) is 0. The van der Waals surface area contributed by atoms with Gasteiger partial charge in [0.05, 0.1) is 0 Å². The molecule has 0 spiro atoms. The van der Waals surface area contributed by atoms with Crippen LogP contribution in [0.5, 0.6) is 0 Å². The summed E-state index contributed by atoms with van der Waals surface area (Å²) in [5.74, 6) is 0.456. The zero-order valence-electron chi connectivity index (χ0n) is 13.6. The van der Waals surface area contributed by atoms with Crippen molar-refractivity contribution in [1.82, 2.24) is 15.0 Å². The summed E-state index contributed by atoms with van der Waals surface area (Å²) in [6, 6.07) is 26.7. The lowest BCUT2D eigenvalue weighted by Gasteiger charge is -2.10. The highest BCUT2D eigenvalue weighted by Gasteiger charge is 2.09. The number of benzene rings is 3. The van der Waals surface area contributed by atoms with Crippen molar-refractivity contribution in [1.29, 1.82) is 0 Å². The molecule has 0 aliphatic heterocycles. The average Bonchev–Trinajstić information content (AvgIpc) is 2.68. The predicted octanol–water partition coefficient (Wildman–Crippen LogP) is 6.18. The van der Waals surface area contributed by atoms with Crippen LogP contribution < -0.4 is 0 Å². The second kappa shape index (κ2) is 7.24. The van der Waals surface area contributed by atoms with Gasteiger partial charge >= 0.3 is 0 Å². The van der Waals surface area contributed by atoms with Crippen molar-refractivity contribution >= 4 is 23.2 Å². The van der Waals surface area contributed by atoms with Gasteiger partial charge in [-0.1, -0.05) is 78.9 Å². The van der Waals surface area contributed by atoms with Crippen LogP contribution in [0.25, 0.3) is 33.6 Å². The van der Waals surface area contributed by atoms with Gasteiger partial charge in [-0.05, 0) is 45.5 Å². The summed E-state index contributed by atoms with van der Waals surface area (Å²) < 4.78 is 0. The molecule has 1 heterocycles. The van der Waals surface area contributed by atoms with Crippen molar-refractivity contribution < 1.29 is 0 Å². The highest BCUT2D eigenvalue weighted by atomic mass is 35.5. The maximum atomic E-state index is 5.87. The molecule has 0 radical (unpaired) electrons. The minimum absolute atomic E-state index is 0.0819. The van der Waals surface area contributed by atoms with Crippen LogP contribution in [0.2, 0.25) is 10.6 Å². The van der Waals surface area contributed by atoms with Crippen LogP contribution >= 0.6 is 23.2 Å². The molecule has 3 aromatic carbocycles. The fourth-order valence-electron chi connectivity index (χ4n) is 2.86. The van der Waals surface area contributed by atoms with Gasteiger partial charge in [-0.15, -0.1) is 0 Å². The Kier molecular flexibility index (Phi) is 4.65. The van der Waals surface area contributed by atoms with E-state index in [9.17, 15) is 0 Å². The van der Waals surface area contributed by atoms with Crippen LogP contribution in [0.1, 0.15) is 0 Å². The van der Waals surface area contributed by atoms with E-state index >= 15 is 0 Å². The molecule has 0 atom stereocenters. The molecular weight excluding hydrogens is 365 g/mol. The maximum Gasteiger partial charge on any atom is 0.227 e. The van der Waals surface area contributed by atoms with Gasteiger partial charge in [0.25, 0.3) is 0 Å². The molecule has 0 unspecified atom stereocenters. The van der Waals surface area contributed by atoms with E-state index in [2.05, 4.69) is 45.3 Å². The van der Waals surface area contributed by atoms with Crippen LogP contribution in [-0.4, -0.2) is 15.0 Å². The third-order valence-electron chi connectivity index (χ3n) is 4.05. The molecule has 126 valence electrons. The van der Waals surface area contributed by atoms with Crippen molar-refractivity contribution in [3.8, 4) is 33.6 Å². The van der Waals surface area contributed by atoms with E-state index in [0.717, 1.165) is 16.7 Å². The predicted molar refractivity (Wildman–Crippen MR) is 106 cm³/mol. The SMILES string of the molecule is Clc1nc(Cl)nc(-c2ccc(-c3ccccc3-c3ccccc3)cc2)n1. The van der Waals surface area contributed by atoms with Gasteiger partial charge in [0, 0.05) is 5.56 Å². The highest BCUT2D eigenvalue weighted by molar-refractivity contribution is 6.31. The molecular formula is C21H13Cl2N3. The van der Waals surface area contributed by atoms with E-state index in [-0.39, 0.29) is 10.6 Å². The normalized spacial score (nSPS) is 10.7. The fraction of sp³-hybridized carbons (Fsp3) is 0. The number of halogens is 2. The standard InChI is InChI=1S/C21H13Cl2N3/c22-20-24-19(25-21(23)26-20)16-12-10-15(11-13-16)18-9-5-4-8-17(18)14-6-2-1-3-7-14/h1-13H. The van der Waals surface area contributed by atoms with Crippen molar-refractivity contribution in [3.05, 3.63) is 89.4 Å². The van der Waals surface area contributed by atoms with Gasteiger partial charge in [-0.3, -0.25) is 0 Å². The molecule has 0 N–H and O–H groups in total. The Morgan fingerprint density at radius 2 is 0.923 bits per heavy atom. The van der Waals surface area contributed by atoms with Crippen LogP contribution in [0.4, 0.5) is 0 Å². The van der Waals surface area contributed by atoms with Gasteiger partial charge in [0.2, 0.25) is 10.6 Å². The van der Waals surface area contributed by atoms with E-state index in [4.69, 9.17) is 23.2 Å². The minimum Gasteiger partial charge on any atom is -0.198 e. The van der Waals surface area contributed by atoms with Crippen LogP contribution in [-0.2, 0) is 0 Å². The van der Waals surface area contributed by atoms with Crippen molar-refractivity contribution in [2.24, 2.45) is 0 Å². The molecule has 0 amide bonds. The average molecular weight is 378 g/mol. The molecule has 0 saturated heterocycles. The van der Waals surface area contributed by atoms with Crippen molar-refractivity contribution in [2.45, 2.75) is 0 Å². The van der Waals surface area contributed by atoms with Crippen molar-refractivity contribution in [2.75, 3.05) is 0 Å². The molecule has 0 aliphatic carbocycles. The fourth-order valence-corrected chi connectivity index (χ4v) is 3.22. The summed E-state index contributed by atoms with van der Waals surface area (Å²) in [4.78, 5) is 12.0. The highest BCUT2D eigenvalue weighted by Crippen LogP contribution is 2.32. The maximum absolute atomic E-state index is 5.87. The Bertz CT molecular complexity index is 1030. The Morgan fingerprint density at radius 1 is 0.462 bits per heavy atom. The van der Waals surface area contributed by atoms with Gasteiger partial charge in [-0.2, -0.15) is 15.0 Å². The summed E-state index contributed by atoms with van der Waals surface area (Å²) >= 11 is 11.7. The second-order valence-corrected chi connectivity index (χ2v) is 6.36. The first-order chi connectivity index (χ1) is 12.7. The van der Waals surface area contributed by atoms with E-state index in [0.29, 0.717) is 5.82 Å². The molecule has 0 aliphatic rings. The van der Waals surface area contributed by atoms with E-state index in [1.54, 1.807) is 0 Å². The molecule has 4 aromatic rings. The monoisotopic (exact) mass is 377 g/mol. The number of rotatable bonds is 3. The third-order valence-corrected chi connectivity index (χ3v) is 4.38. The van der Waals surface area contributed by atoms with E-state index in [1.807, 2.05) is 48.5 Å². The van der Waals surface area contributed by atoms with E-state index in [1.165, 1.54) is 11.1 Å². The molecule has 0 fully saturated rings. The van der Waals surface area contributed by atoms with Crippen molar-refractivity contribution in [3.63, 3.8) is 0 Å². The molecule has 1 aromatic heterocycles. The Hall–Kier alpha value is -2.75. The van der Waals surface area contributed by atoms with Gasteiger partial charge in [-0.25, -0.2) is 0 Å². The van der Waals surface area contributed by atoms with E-state index < -0.39 is 0 Å². The van der Waals surface area contributed by atoms with Crippen LogP contribution in [0.15, 0.2) is 78.9 Å². The third kappa shape index (κ3) is 3.45. The molecule has 0 saturated carbocycles. The molecule has 0 bridgehead atoms. The molecule has 4 rings (SSSR count). The summed E-state index contributed by atoms with van der Waals surface area (Å²) in [5, 5.41) is 0.164. The molecule has 26 heavy (non-hydrogen) atoms. The number of nitrogens with zero attached hydrogens (tertiary/aromatic N) is 3. The number of hydrogen-bond acceptors (Lipinski definition) is 3. The van der Waals surface area contributed by atoms with Crippen LogP contribution in [0, 0.1) is 0 Å². The lowest BCUT2D eigenvalue weighted by atomic mass is 9.94. The quantitative estimate of drug-likeness (QED) is 0.427.